The molecule has 4 nitrogen and oxygen atoms in total. The summed E-state index contributed by atoms with van der Waals surface area (Å²) < 4.78 is 9.14. The van der Waals surface area contributed by atoms with Crippen molar-refractivity contribution in [3.63, 3.8) is 0 Å². The molecule has 0 radical (unpaired) electrons. The quantitative estimate of drug-likeness (QED) is 0.164. The lowest BCUT2D eigenvalue weighted by Gasteiger charge is -2.46. The third kappa shape index (κ3) is 7.17. The van der Waals surface area contributed by atoms with Crippen molar-refractivity contribution in [3.8, 4) is 16.8 Å². The molecule has 0 atom stereocenters. The van der Waals surface area contributed by atoms with Crippen molar-refractivity contribution in [2.45, 2.75) is 106 Å². The summed E-state index contributed by atoms with van der Waals surface area (Å²) in [6.07, 6.45) is 0. The molecular formula is C70H66BN3O. The molecular weight excluding hydrogens is 910 g/mol. The Morgan fingerprint density at radius 2 is 0.947 bits per heavy atom. The van der Waals surface area contributed by atoms with E-state index in [9.17, 15) is 0 Å². The predicted octanol–water partition coefficient (Wildman–Crippen LogP) is 17.6. The average molecular weight is 976 g/mol. The van der Waals surface area contributed by atoms with Gasteiger partial charge < -0.3 is 18.8 Å². The number of fused-ring (bicyclic) bond motifs is 10. The highest BCUT2D eigenvalue weighted by Crippen LogP contribution is 2.51. The molecule has 0 amide bonds. The zero-order valence-electron chi connectivity index (χ0n) is 45.9. The van der Waals surface area contributed by atoms with Crippen molar-refractivity contribution in [1.82, 2.24) is 4.57 Å². The van der Waals surface area contributed by atoms with Gasteiger partial charge in [0.25, 0.3) is 6.71 Å². The molecule has 0 fully saturated rings. The summed E-state index contributed by atoms with van der Waals surface area (Å²) >= 11 is 0. The lowest BCUT2D eigenvalue weighted by molar-refractivity contribution is 0.589. The first-order valence-electron chi connectivity index (χ1n) is 27.0. The van der Waals surface area contributed by atoms with E-state index in [4.69, 9.17) is 4.42 Å². The lowest BCUT2D eigenvalue weighted by atomic mass is 9.33. The second kappa shape index (κ2) is 16.4. The minimum Gasteiger partial charge on any atom is -0.455 e. The van der Waals surface area contributed by atoms with Crippen LogP contribution in [-0.4, -0.2) is 11.3 Å². The Morgan fingerprint density at radius 3 is 1.60 bits per heavy atom. The average Bonchev–Trinajstić information content (AvgIpc) is 3.94. The van der Waals surface area contributed by atoms with Gasteiger partial charge in [0.2, 0.25) is 0 Å². The molecule has 0 spiro atoms. The summed E-state index contributed by atoms with van der Waals surface area (Å²) in [7, 11) is 0. The van der Waals surface area contributed by atoms with E-state index in [1.165, 1.54) is 111 Å². The van der Waals surface area contributed by atoms with Gasteiger partial charge in [-0.3, -0.25) is 0 Å². The molecule has 13 rings (SSSR count). The van der Waals surface area contributed by atoms with Crippen LogP contribution >= 0.6 is 0 Å². The summed E-state index contributed by atoms with van der Waals surface area (Å²) in [4.78, 5) is 5.32. The van der Waals surface area contributed by atoms with Crippen molar-refractivity contribution in [1.29, 1.82) is 0 Å². The van der Waals surface area contributed by atoms with Crippen LogP contribution < -0.4 is 26.2 Å². The van der Waals surface area contributed by atoms with Gasteiger partial charge in [-0.15, -0.1) is 0 Å². The number of hydrogen-bond donors (Lipinski definition) is 0. The Labute approximate surface area is 443 Å². The zero-order chi connectivity index (χ0) is 52.2. The Morgan fingerprint density at radius 1 is 0.400 bits per heavy atom. The predicted molar refractivity (Wildman–Crippen MR) is 323 cm³/mol. The zero-order valence-corrected chi connectivity index (χ0v) is 45.9. The minimum atomic E-state index is -0.169. The smallest absolute Gasteiger partial charge is 0.252 e. The monoisotopic (exact) mass is 976 g/mol. The number of rotatable bonds is 4. The maximum absolute atomic E-state index is 6.66. The number of hydrogen-bond acceptors (Lipinski definition) is 3. The number of aryl methyl sites for hydroxylation is 4. The van der Waals surface area contributed by atoms with Gasteiger partial charge in [-0.05, 0) is 165 Å². The van der Waals surface area contributed by atoms with Crippen molar-refractivity contribution >= 4 is 101 Å². The Kier molecular flexibility index (Phi) is 10.3. The molecule has 370 valence electrons. The van der Waals surface area contributed by atoms with Crippen LogP contribution in [-0.2, 0) is 16.2 Å². The fourth-order valence-corrected chi connectivity index (χ4v) is 12.9. The van der Waals surface area contributed by atoms with E-state index >= 15 is 0 Å². The number of aromatic nitrogens is 1. The standard InChI is InChI=1S/C70H66BN3O/c1-41-32-45(50-26-21-27-53-52-25-18-20-29-63(52)75-67(50)53)33-42(2)65(41)73-58-31-30-46(68(5,6)7)36-55(58)71-56-39-54-51-24-17-19-28-57(51)72(49-22-15-14-16-23-49)59(54)40-60(56)74(62-38-48(70(11,12)13)37-61(73)64(62)71)66-43(3)34-47(35-44(66)4)69(8,9)10/h14-40H,1-13H3. The highest BCUT2D eigenvalue weighted by molar-refractivity contribution is 7.00. The fraction of sp³-hybridized carbons (Fsp3) is 0.229. The van der Waals surface area contributed by atoms with Crippen LogP contribution in [0.5, 0.6) is 0 Å². The van der Waals surface area contributed by atoms with Gasteiger partial charge in [-0.2, -0.15) is 0 Å². The number of benzene rings is 9. The maximum atomic E-state index is 6.66. The molecule has 0 N–H and O–H groups in total. The molecule has 0 unspecified atom stereocenters. The molecule has 0 aliphatic carbocycles. The first kappa shape index (κ1) is 47.0. The van der Waals surface area contributed by atoms with Crippen LogP contribution in [0.25, 0.3) is 60.6 Å². The first-order chi connectivity index (χ1) is 35.8. The van der Waals surface area contributed by atoms with E-state index < -0.39 is 0 Å². The summed E-state index contributed by atoms with van der Waals surface area (Å²) in [6.45, 7) is 30.4. The van der Waals surface area contributed by atoms with Crippen LogP contribution in [0.3, 0.4) is 0 Å². The maximum Gasteiger partial charge on any atom is 0.252 e. The van der Waals surface area contributed by atoms with Gasteiger partial charge in [-0.25, -0.2) is 0 Å². The minimum absolute atomic E-state index is 0.00806. The van der Waals surface area contributed by atoms with Crippen LogP contribution in [0.2, 0.25) is 0 Å². The van der Waals surface area contributed by atoms with Crippen LogP contribution in [0.4, 0.5) is 34.1 Å². The molecule has 4 heterocycles. The number of nitrogens with zero attached hydrogens (tertiary/aromatic N) is 3. The highest BCUT2D eigenvalue weighted by Gasteiger charge is 2.46. The molecule has 75 heavy (non-hydrogen) atoms. The molecule has 0 saturated carbocycles. The van der Waals surface area contributed by atoms with Gasteiger partial charge in [0.15, 0.2) is 0 Å². The molecule has 2 aromatic heterocycles. The molecule has 2 aliphatic rings. The molecule has 2 aliphatic heterocycles. The van der Waals surface area contributed by atoms with Gasteiger partial charge in [0.05, 0.1) is 22.4 Å². The largest absolute Gasteiger partial charge is 0.455 e. The van der Waals surface area contributed by atoms with Gasteiger partial charge >= 0.3 is 0 Å². The van der Waals surface area contributed by atoms with Crippen molar-refractivity contribution in [3.05, 3.63) is 203 Å². The molecule has 11 aromatic rings. The van der Waals surface area contributed by atoms with E-state index in [0.717, 1.165) is 38.8 Å². The molecule has 0 saturated heterocycles. The van der Waals surface area contributed by atoms with Gasteiger partial charge in [0.1, 0.15) is 11.2 Å². The Bertz CT molecular complexity index is 4140. The topological polar surface area (TPSA) is 24.6 Å². The molecule has 0 bridgehead atoms. The normalized spacial score (nSPS) is 13.6. The van der Waals surface area contributed by atoms with Crippen molar-refractivity contribution in [2.24, 2.45) is 0 Å². The SMILES string of the molecule is Cc1cc(-c2cccc3c2oc2ccccc23)cc(C)c1N1c2ccc(C(C)(C)C)cc2B2c3cc4c5ccccc5n(-c5ccccc5)c4cc3N(c3c(C)cc(C(C)(C)C)cc3C)c3cc(C(C)(C)C)cc1c32. The van der Waals surface area contributed by atoms with Gasteiger partial charge in [0, 0.05) is 55.5 Å². The third-order valence-corrected chi connectivity index (χ3v) is 16.6. The van der Waals surface area contributed by atoms with Crippen molar-refractivity contribution < 1.29 is 4.42 Å². The van der Waals surface area contributed by atoms with E-state index in [2.05, 4.69) is 268 Å². The molecule has 5 heteroatoms. The van der Waals surface area contributed by atoms with Crippen LogP contribution in [0.15, 0.2) is 168 Å². The summed E-state index contributed by atoms with van der Waals surface area (Å²) in [5.74, 6) is 0. The highest BCUT2D eigenvalue weighted by atomic mass is 16.3. The second-order valence-corrected chi connectivity index (χ2v) is 24.9. The summed E-state index contributed by atoms with van der Waals surface area (Å²) in [6, 6.07) is 62.2. The van der Waals surface area contributed by atoms with E-state index in [-0.39, 0.29) is 23.0 Å². The summed E-state index contributed by atoms with van der Waals surface area (Å²) in [5, 5.41) is 4.81. The number of para-hydroxylation sites is 4. The van der Waals surface area contributed by atoms with E-state index in [1.54, 1.807) is 0 Å². The number of anilines is 6. The third-order valence-electron chi connectivity index (χ3n) is 16.6. The summed E-state index contributed by atoms with van der Waals surface area (Å²) in [5.41, 5.74) is 27.8. The molecule has 9 aromatic carbocycles. The van der Waals surface area contributed by atoms with E-state index in [1.807, 2.05) is 0 Å². The Balaban J connectivity index is 1.15. The Hall–Kier alpha value is -7.76. The fourth-order valence-electron chi connectivity index (χ4n) is 12.9. The van der Waals surface area contributed by atoms with E-state index in [0.29, 0.717) is 0 Å². The van der Waals surface area contributed by atoms with Gasteiger partial charge in [-0.1, -0.05) is 165 Å². The van der Waals surface area contributed by atoms with Crippen LogP contribution in [0, 0.1) is 27.7 Å². The van der Waals surface area contributed by atoms with Crippen molar-refractivity contribution in [2.75, 3.05) is 9.80 Å². The van der Waals surface area contributed by atoms with Crippen LogP contribution in [0.1, 0.15) is 101 Å². The first-order valence-corrected chi connectivity index (χ1v) is 27.0. The second-order valence-electron chi connectivity index (χ2n) is 24.9. The number of furan rings is 1. The lowest BCUT2D eigenvalue weighted by Crippen LogP contribution is -2.61.